The summed E-state index contributed by atoms with van der Waals surface area (Å²) in [5.41, 5.74) is 0. The minimum atomic E-state index is -1.83. The minimum absolute atomic E-state index is 0.250. The van der Waals surface area contributed by atoms with Gasteiger partial charge in [-0.15, -0.1) is 0 Å². The fourth-order valence-electron chi connectivity index (χ4n) is 0. The van der Waals surface area contributed by atoms with Gasteiger partial charge in [-0.05, 0) is 0 Å². The zero-order valence-electron chi connectivity index (χ0n) is 6.28. The number of carboxylic acid groups (broad SMARTS) is 2. The maximum atomic E-state index is 10.1. The average Bonchev–Trinajstić information content (AvgIpc) is 1.60. The van der Waals surface area contributed by atoms with Crippen LogP contribution in [0.2, 0.25) is 0 Å². The van der Waals surface area contributed by atoms with Crippen molar-refractivity contribution in [3.8, 4) is 0 Å². The summed E-state index contributed by atoms with van der Waals surface area (Å²) < 4.78 is 19.6. The Labute approximate surface area is 67.5 Å². The molecule has 0 spiro atoms. The van der Waals surface area contributed by atoms with Gasteiger partial charge in [0.05, 0.1) is 18.8 Å². The smallest absolute Gasteiger partial charge is 0.503 e. The molecule has 0 aromatic carbocycles. The molecule has 0 bridgehead atoms. The molecule has 0 aliphatic carbocycles. The second kappa shape index (κ2) is 16.1. The first-order valence-corrected chi connectivity index (χ1v) is 4.23. The number of hydrogen-bond donors (Lipinski definition) is 2. The molecule has 0 rings (SSSR count). The van der Waals surface area contributed by atoms with Crippen LogP contribution in [0.3, 0.4) is 0 Å². The molecular weight excluding hydrogens is 175 g/mol. The van der Waals surface area contributed by atoms with Crippen LogP contribution >= 0.6 is 0 Å². The van der Waals surface area contributed by atoms with E-state index in [0.29, 0.717) is 0 Å². The van der Waals surface area contributed by atoms with Crippen molar-refractivity contribution >= 4 is 17.3 Å². The highest BCUT2D eigenvalue weighted by Gasteiger charge is 1.70. The van der Waals surface area contributed by atoms with E-state index in [2.05, 4.69) is 6.58 Å². The zero-order valence-corrected chi connectivity index (χ0v) is 7.10. The zero-order chi connectivity index (χ0) is 9.86. The van der Waals surface area contributed by atoms with E-state index in [1.807, 2.05) is 0 Å². The summed E-state index contributed by atoms with van der Waals surface area (Å²) in [6, 6.07) is 0. The van der Waals surface area contributed by atoms with Crippen molar-refractivity contribution in [1.29, 1.82) is 0 Å². The molecule has 0 aromatic heterocycles. The van der Waals surface area contributed by atoms with Gasteiger partial charge in [-0.1, -0.05) is 17.8 Å². The first kappa shape index (κ1) is 16.7. The maximum Gasteiger partial charge on any atom is 0.503 e. The topological polar surface area (TPSA) is 80.6 Å². The van der Waals surface area contributed by atoms with Gasteiger partial charge in [0.25, 0.3) is 0 Å². The predicted molar refractivity (Wildman–Crippen MR) is 41.9 cm³/mol. The van der Waals surface area contributed by atoms with E-state index in [1.165, 1.54) is 0 Å². The number of halogens is 1. The third kappa shape index (κ3) is 864. The summed E-state index contributed by atoms with van der Waals surface area (Å²) in [7, 11) is 0. The fourth-order valence-corrected chi connectivity index (χ4v) is 0. The van der Waals surface area contributed by atoms with Crippen molar-refractivity contribution in [3.63, 3.8) is 0 Å². The first-order valence-electron chi connectivity index (χ1n) is 2.26. The number of rotatable bonds is 0. The van der Waals surface area contributed by atoms with Gasteiger partial charge in [0, 0.05) is 0 Å². The molecule has 0 fully saturated rings. The van der Waals surface area contributed by atoms with Gasteiger partial charge in [-0.25, -0.2) is 9.18 Å². The highest BCUT2D eigenvalue weighted by Crippen LogP contribution is 1.61. The Bertz CT molecular complexity index is 89.7. The number of carbonyl (C=O) groups is 1. The van der Waals surface area contributed by atoms with Gasteiger partial charge in [0.1, 0.15) is 0 Å². The summed E-state index contributed by atoms with van der Waals surface area (Å²) >= 11 is -0.611. The fraction of sp³-hybridized carbons (Fsp3) is 0.400. The van der Waals surface area contributed by atoms with Crippen LogP contribution in [0.5, 0.6) is 0 Å². The molecule has 11 heavy (non-hydrogen) atoms. The van der Waals surface area contributed by atoms with Gasteiger partial charge < -0.3 is 14.8 Å². The highest BCUT2D eigenvalue weighted by atomic mass is 32.2. The monoisotopic (exact) mass is 186 g/mol. The van der Waals surface area contributed by atoms with Gasteiger partial charge in [-0.2, -0.15) is 0 Å². The molecule has 2 N–H and O–H groups in total. The molecule has 0 heterocycles. The van der Waals surface area contributed by atoms with Crippen LogP contribution in [0.15, 0.2) is 12.9 Å². The number of hydrogen-bond acceptors (Lipinski definition) is 2. The van der Waals surface area contributed by atoms with E-state index in [4.69, 9.17) is 15.0 Å². The quantitative estimate of drug-likeness (QED) is 0.559. The first-order chi connectivity index (χ1) is 4.88. The second-order valence-electron chi connectivity index (χ2n) is 1.18. The lowest BCUT2D eigenvalue weighted by Gasteiger charge is -1.87. The van der Waals surface area contributed by atoms with Crippen LogP contribution in [-0.4, -0.2) is 33.4 Å². The molecule has 0 atom stereocenters. The van der Waals surface area contributed by atoms with E-state index in [9.17, 15) is 8.94 Å². The molecule has 68 valence electrons. The molecular formula is C5H11FO4S. The lowest BCUT2D eigenvalue weighted by molar-refractivity contribution is 0.137. The Morgan fingerprint density at radius 3 is 1.64 bits per heavy atom. The van der Waals surface area contributed by atoms with Crippen molar-refractivity contribution < 1.29 is 24.0 Å². The molecule has 0 aliphatic rings. The minimum Gasteiger partial charge on any atom is -0.617 e. The molecule has 0 aromatic rings. The van der Waals surface area contributed by atoms with Crippen LogP contribution in [-0.2, 0) is 11.2 Å². The third-order valence-electron chi connectivity index (χ3n) is 0. The Morgan fingerprint density at radius 2 is 1.64 bits per heavy atom. The molecule has 4 nitrogen and oxygen atoms in total. The van der Waals surface area contributed by atoms with E-state index in [-0.39, 0.29) is 6.33 Å². The molecule has 6 heteroatoms. The normalized spacial score (nSPS) is 6.64. The maximum absolute atomic E-state index is 10.1. The molecule has 0 unspecified atom stereocenters. The molecule has 0 radical (unpaired) electrons. The van der Waals surface area contributed by atoms with Gasteiger partial charge >= 0.3 is 6.16 Å². The van der Waals surface area contributed by atoms with Crippen LogP contribution in [0, 0.1) is 0 Å². The lowest BCUT2D eigenvalue weighted by Crippen LogP contribution is -1.86. The van der Waals surface area contributed by atoms with Crippen LogP contribution < -0.4 is 0 Å². The van der Waals surface area contributed by atoms with Crippen molar-refractivity contribution in [2.24, 2.45) is 0 Å². The van der Waals surface area contributed by atoms with Crippen molar-refractivity contribution in [2.75, 3.05) is 12.5 Å². The highest BCUT2D eigenvalue weighted by molar-refractivity contribution is 7.89. The molecule has 0 aliphatic heterocycles. The summed E-state index contributed by atoms with van der Waals surface area (Å²) in [4.78, 5) is 8.56. The summed E-state index contributed by atoms with van der Waals surface area (Å²) in [5, 5.41) is 13.9. The molecule has 0 saturated carbocycles. The van der Waals surface area contributed by atoms with Crippen LogP contribution in [0.1, 0.15) is 0 Å². The Kier molecular flexibility index (Phi) is 24.4. The SMILES string of the molecule is C=CF.C[S+](C)[O-].O=C(O)O. The summed E-state index contributed by atoms with van der Waals surface area (Å²) in [6.07, 6.45) is 1.69. The predicted octanol–water partition coefficient (Wildman–Crippen LogP) is 1.32. The van der Waals surface area contributed by atoms with Crippen molar-refractivity contribution in [2.45, 2.75) is 0 Å². The largest absolute Gasteiger partial charge is 0.617 e. The Morgan fingerprint density at radius 1 is 1.64 bits per heavy atom. The Hall–Kier alpha value is -0.750. The van der Waals surface area contributed by atoms with Gasteiger partial charge in [0.15, 0.2) is 0 Å². The standard InChI is InChI=1S/C2H3F.C2H6OS.CH2O3/c1-2-3;1-4(2)3;2-1(3)4/h2H,1H2;1-2H3;(H2,2,3,4). The third-order valence-corrected chi connectivity index (χ3v) is 0. The van der Waals surface area contributed by atoms with Crippen molar-refractivity contribution in [1.82, 2.24) is 0 Å². The van der Waals surface area contributed by atoms with Gasteiger partial charge in [0.2, 0.25) is 0 Å². The van der Waals surface area contributed by atoms with Gasteiger partial charge in [-0.3, -0.25) is 0 Å². The van der Waals surface area contributed by atoms with Crippen LogP contribution in [0.4, 0.5) is 9.18 Å². The second-order valence-corrected chi connectivity index (χ2v) is 2.66. The van der Waals surface area contributed by atoms with E-state index in [0.717, 1.165) is 0 Å². The average molecular weight is 186 g/mol. The summed E-state index contributed by atoms with van der Waals surface area (Å²) in [6.45, 7) is 2.69. The van der Waals surface area contributed by atoms with Crippen molar-refractivity contribution in [3.05, 3.63) is 12.9 Å². The van der Waals surface area contributed by atoms with E-state index in [1.54, 1.807) is 12.5 Å². The summed E-state index contributed by atoms with van der Waals surface area (Å²) in [5.74, 6) is 0. The van der Waals surface area contributed by atoms with E-state index < -0.39 is 17.3 Å². The molecule has 0 amide bonds. The molecule has 0 saturated heterocycles. The van der Waals surface area contributed by atoms with E-state index >= 15 is 0 Å². The van der Waals surface area contributed by atoms with Crippen LogP contribution in [0.25, 0.3) is 0 Å². The lowest BCUT2D eigenvalue weighted by atomic mass is 11.2. The Balaban J connectivity index is -0.0000000886.